The average molecular weight is 273 g/mol. The van der Waals surface area contributed by atoms with Crippen LogP contribution in [0.4, 0.5) is 4.39 Å². The topological polar surface area (TPSA) is 54.9 Å². The SMILES string of the molecule is CCc1ncc(C(=O)NCc2cccc(F)c2)c(C)n1. The summed E-state index contributed by atoms with van der Waals surface area (Å²) in [5.74, 6) is 0.141. The summed E-state index contributed by atoms with van der Waals surface area (Å²) in [6, 6.07) is 6.13. The van der Waals surface area contributed by atoms with Crippen LogP contribution in [0.3, 0.4) is 0 Å². The number of aromatic nitrogens is 2. The van der Waals surface area contributed by atoms with Gasteiger partial charge in [-0.25, -0.2) is 14.4 Å². The molecular weight excluding hydrogens is 257 g/mol. The molecule has 2 aromatic rings. The normalized spacial score (nSPS) is 10.3. The summed E-state index contributed by atoms with van der Waals surface area (Å²) in [5, 5.41) is 2.74. The summed E-state index contributed by atoms with van der Waals surface area (Å²) >= 11 is 0. The Labute approximate surface area is 117 Å². The lowest BCUT2D eigenvalue weighted by Gasteiger charge is -2.08. The molecule has 0 aliphatic heterocycles. The number of rotatable bonds is 4. The van der Waals surface area contributed by atoms with Crippen molar-refractivity contribution in [2.45, 2.75) is 26.8 Å². The highest BCUT2D eigenvalue weighted by atomic mass is 19.1. The molecule has 0 unspecified atom stereocenters. The quantitative estimate of drug-likeness (QED) is 0.930. The molecule has 4 nitrogen and oxygen atoms in total. The molecule has 1 heterocycles. The second-order valence-corrected chi connectivity index (χ2v) is 4.45. The predicted molar refractivity (Wildman–Crippen MR) is 73.7 cm³/mol. The molecule has 1 aromatic heterocycles. The summed E-state index contributed by atoms with van der Waals surface area (Å²) in [7, 11) is 0. The van der Waals surface area contributed by atoms with Crippen molar-refractivity contribution >= 4 is 5.91 Å². The molecule has 0 bridgehead atoms. The number of carbonyl (C=O) groups excluding carboxylic acids is 1. The van der Waals surface area contributed by atoms with Gasteiger partial charge in [0.05, 0.1) is 11.3 Å². The fourth-order valence-corrected chi connectivity index (χ4v) is 1.83. The lowest BCUT2D eigenvalue weighted by molar-refractivity contribution is 0.0949. The molecule has 0 saturated heterocycles. The maximum atomic E-state index is 13.0. The van der Waals surface area contributed by atoms with Crippen molar-refractivity contribution in [1.82, 2.24) is 15.3 Å². The van der Waals surface area contributed by atoms with Gasteiger partial charge in [0.1, 0.15) is 11.6 Å². The minimum atomic E-state index is -0.316. The number of hydrogen-bond acceptors (Lipinski definition) is 3. The Morgan fingerprint density at radius 2 is 2.20 bits per heavy atom. The van der Waals surface area contributed by atoms with Gasteiger partial charge >= 0.3 is 0 Å². The van der Waals surface area contributed by atoms with Crippen LogP contribution < -0.4 is 5.32 Å². The van der Waals surface area contributed by atoms with E-state index in [0.29, 0.717) is 22.6 Å². The van der Waals surface area contributed by atoms with Crippen LogP contribution in [0, 0.1) is 12.7 Å². The molecule has 104 valence electrons. The van der Waals surface area contributed by atoms with E-state index < -0.39 is 0 Å². The van der Waals surface area contributed by atoms with Crippen LogP contribution in [0.1, 0.15) is 34.4 Å². The molecule has 0 fully saturated rings. The zero-order chi connectivity index (χ0) is 14.5. The fourth-order valence-electron chi connectivity index (χ4n) is 1.83. The first-order valence-electron chi connectivity index (χ1n) is 6.45. The van der Waals surface area contributed by atoms with E-state index in [1.165, 1.54) is 18.3 Å². The van der Waals surface area contributed by atoms with Gasteiger partial charge in [0, 0.05) is 19.2 Å². The minimum absolute atomic E-state index is 0.255. The Bertz CT molecular complexity index is 628. The monoisotopic (exact) mass is 273 g/mol. The first kappa shape index (κ1) is 14.1. The van der Waals surface area contributed by atoms with Gasteiger partial charge in [-0.2, -0.15) is 0 Å². The lowest BCUT2D eigenvalue weighted by Crippen LogP contribution is -2.24. The van der Waals surface area contributed by atoms with Gasteiger partial charge < -0.3 is 5.32 Å². The maximum absolute atomic E-state index is 13.0. The fraction of sp³-hybridized carbons (Fsp3) is 0.267. The van der Waals surface area contributed by atoms with E-state index in [4.69, 9.17) is 0 Å². The zero-order valence-corrected chi connectivity index (χ0v) is 11.5. The Balaban J connectivity index is 2.05. The number of halogens is 1. The Hall–Kier alpha value is -2.30. The molecule has 0 saturated carbocycles. The van der Waals surface area contributed by atoms with Crippen LogP contribution >= 0.6 is 0 Å². The first-order valence-corrected chi connectivity index (χ1v) is 6.45. The standard InChI is InChI=1S/C15H16FN3O/c1-3-14-17-9-13(10(2)19-14)15(20)18-8-11-5-4-6-12(16)7-11/h4-7,9H,3,8H2,1-2H3,(H,18,20). The van der Waals surface area contributed by atoms with Crippen molar-refractivity contribution in [3.05, 3.63) is 58.9 Å². The summed E-state index contributed by atoms with van der Waals surface area (Å²) in [4.78, 5) is 20.4. The number of benzene rings is 1. The van der Waals surface area contributed by atoms with Gasteiger partial charge in [-0.15, -0.1) is 0 Å². The smallest absolute Gasteiger partial charge is 0.254 e. The second-order valence-electron chi connectivity index (χ2n) is 4.45. The molecule has 2 rings (SSSR count). The largest absolute Gasteiger partial charge is 0.348 e. The molecule has 1 aromatic carbocycles. The van der Waals surface area contributed by atoms with Gasteiger partial charge in [0.15, 0.2) is 0 Å². The van der Waals surface area contributed by atoms with Gasteiger partial charge in [0.2, 0.25) is 0 Å². The van der Waals surface area contributed by atoms with E-state index in [2.05, 4.69) is 15.3 Å². The number of nitrogens with one attached hydrogen (secondary N) is 1. The summed E-state index contributed by atoms with van der Waals surface area (Å²) in [6.45, 7) is 4.00. The number of amides is 1. The Morgan fingerprint density at radius 1 is 1.40 bits per heavy atom. The van der Waals surface area contributed by atoms with Crippen LogP contribution in [0.5, 0.6) is 0 Å². The lowest BCUT2D eigenvalue weighted by atomic mass is 10.2. The molecule has 1 N–H and O–H groups in total. The van der Waals surface area contributed by atoms with Gasteiger partial charge in [0.25, 0.3) is 5.91 Å². The van der Waals surface area contributed by atoms with Crippen molar-refractivity contribution in [1.29, 1.82) is 0 Å². The van der Waals surface area contributed by atoms with Crippen molar-refractivity contribution in [2.24, 2.45) is 0 Å². The third kappa shape index (κ3) is 3.38. The summed E-state index contributed by atoms with van der Waals surface area (Å²) in [6.07, 6.45) is 2.26. The van der Waals surface area contributed by atoms with Gasteiger partial charge in [-0.05, 0) is 24.6 Å². The molecule has 1 amide bonds. The van der Waals surface area contributed by atoms with E-state index in [-0.39, 0.29) is 18.3 Å². The van der Waals surface area contributed by atoms with Crippen LogP contribution in [-0.2, 0) is 13.0 Å². The third-order valence-corrected chi connectivity index (χ3v) is 2.93. The molecule has 5 heteroatoms. The first-order chi connectivity index (χ1) is 9.60. The predicted octanol–water partition coefficient (Wildman–Crippen LogP) is 2.42. The highest BCUT2D eigenvalue weighted by molar-refractivity contribution is 5.94. The number of aryl methyl sites for hydroxylation is 2. The molecule has 0 spiro atoms. The highest BCUT2D eigenvalue weighted by Gasteiger charge is 2.11. The number of hydrogen-bond donors (Lipinski definition) is 1. The van der Waals surface area contributed by atoms with Crippen molar-refractivity contribution in [3.63, 3.8) is 0 Å². The van der Waals surface area contributed by atoms with Crippen molar-refractivity contribution in [3.8, 4) is 0 Å². The molecule has 0 atom stereocenters. The molecule has 0 aliphatic rings. The van der Waals surface area contributed by atoms with Gasteiger partial charge in [-0.1, -0.05) is 19.1 Å². The molecule has 0 aliphatic carbocycles. The van der Waals surface area contributed by atoms with Crippen LogP contribution in [0.25, 0.3) is 0 Å². The number of nitrogens with zero attached hydrogens (tertiary/aromatic N) is 2. The van der Waals surface area contributed by atoms with Crippen LogP contribution in [-0.4, -0.2) is 15.9 Å². The second kappa shape index (κ2) is 6.23. The molecule has 0 radical (unpaired) electrons. The molecular formula is C15H16FN3O. The van der Waals surface area contributed by atoms with Gasteiger partial charge in [-0.3, -0.25) is 4.79 Å². The average Bonchev–Trinajstić information content (AvgIpc) is 2.44. The Morgan fingerprint density at radius 3 is 2.85 bits per heavy atom. The van der Waals surface area contributed by atoms with Crippen LogP contribution in [0.15, 0.2) is 30.5 Å². The summed E-state index contributed by atoms with van der Waals surface area (Å²) < 4.78 is 13.0. The van der Waals surface area contributed by atoms with E-state index in [0.717, 1.165) is 6.42 Å². The van der Waals surface area contributed by atoms with E-state index in [9.17, 15) is 9.18 Å². The van der Waals surface area contributed by atoms with E-state index in [1.807, 2.05) is 6.92 Å². The van der Waals surface area contributed by atoms with Crippen molar-refractivity contribution in [2.75, 3.05) is 0 Å². The van der Waals surface area contributed by atoms with E-state index in [1.54, 1.807) is 19.1 Å². The Kier molecular flexibility index (Phi) is 4.40. The highest BCUT2D eigenvalue weighted by Crippen LogP contribution is 2.06. The van der Waals surface area contributed by atoms with Crippen LogP contribution in [0.2, 0.25) is 0 Å². The summed E-state index contributed by atoms with van der Waals surface area (Å²) in [5.41, 5.74) is 1.80. The zero-order valence-electron chi connectivity index (χ0n) is 11.5. The maximum Gasteiger partial charge on any atom is 0.254 e. The van der Waals surface area contributed by atoms with E-state index >= 15 is 0 Å². The molecule has 20 heavy (non-hydrogen) atoms. The minimum Gasteiger partial charge on any atom is -0.348 e. The third-order valence-electron chi connectivity index (χ3n) is 2.93. The number of carbonyl (C=O) groups is 1. The van der Waals surface area contributed by atoms with Crippen molar-refractivity contribution < 1.29 is 9.18 Å².